The SMILES string of the molecule is O=C(CNC(=O)c1ccsc1)NCc1ccccc1OC(F)F. The van der Waals surface area contributed by atoms with Crippen LogP contribution in [0.2, 0.25) is 0 Å². The van der Waals surface area contributed by atoms with Gasteiger partial charge in [0.2, 0.25) is 5.91 Å². The van der Waals surface area contributed by atoms with Gasteiger partial charge in [-0.15, -0.1) is 0 Å². The molecule has 2 aromatic rings. The van der Waals surface area contributed by atoms with Gasteiger partial charge in [-0.1, -0.05) is 18.2 Å². The molecular formula is C15H14F2N2O3S. The highest BCUT2D eigenvalue weighted by Gasteiger charge is 2.11. The van der Waals surface area contributed by atoms with E-state index in [1.807, 2.05) is 0 Å². The van der Waals surface area contributed by atoms with Crippen molar-refractivity contribution in [1.29, 1.82) is 0 Å². The second kappa shape index (κ2) is 8.23. The number of hydrogen-bond acceptors (Lipinski definition) is 4. The molecule has 0 saturated carbocycles. The molecule has 0 aliphatic rings. The Balaban J connectivity index is 1.81. The second-order valence-corrected chi connectivity index (χ2v) is 5.24. The van der Waals surface area contributed by atoms with Crippen LogP contribution in [0.3, 0.4) is 0 Å². The predicted octanol–water partition coefficient (Wildman–Crippen LogP) is 2.40. The minimum absolute atomic E-state index is 0.00473. The molecule has 8 heteroatoms. The molecule has 0 spiro atoms. The van der Waals surface area contributed by atoms with Gasteiger partial charge >= 0.3 is 6.61 Å². The first-order chi connectivity index (χ1) is 11.1. The van der Waals surface area contributed by atoms with Crippen LogP contribution in [0.5, 0.6) is 5.75 Å². The molecule has 0 atom stereocenters. The zero-order chi connectivity index (χ0) is 16.7. The van der Waals surface area contributed by atoms with Gasteiger partial charge in [0.1, 0.15) is 5.75 Å². The molecule has 2 N–H and O–H groups in total. The monoisotopic (exact) mass is 340 g/mol. The average Bonchev–Trinajstić information content (AvgIpc) is 3.05. The van der Waals surface area contributed by atoms with Crippen molar-refractivity contribution in [3.05, 3.63) is 52.2 Å². The third kappa shape index (κ3) is 5.33. The number of alkyl halides is 2. The average molecular weight is 340 g/mol. The fourth-order valence-electron chi connectivity index (χ4n) is 1.77. The fraction of sp³-hybridized carbons (Fsp3) is 0.200. The van der Waals surface area contributed by atoms with Gasteiger partial charge in [0, 0.05) is 23.1 Å². The minimum atomic E-state index is -2.93. The molecule has 122 valence electrons. The summed E-state index contributed by atoms with van der Waals surface area (Å²) in [5, 5.41) is 8.44. The van der Waals surface area contributed by atoms with Crippen molar-refractivity contribution in [2.24, 2.45) is 0 Å². The number of thiophene rings is 1. The Bertz CT molecular complexity index is 663. The smallest absolute Gasteiger partial charge is 0.387 e. The van der Waals surface area contributed by atoms with Crippen LogP contribution in [0.15, 0.2) is 41.1 Å². The summed E-state index contributed by atoms with van der Waals surface area (Å²) in [6, 6.07) is 7.83. The third-order valence-electron chi connectivity index (χ3n) is 2.86. The first kappa shape index (κ1) is 16.9. The van der Waals surface area contributed by atoms with Gasteiger partial charge < -0.3 is 15.4 Å². The van der Waals surface area contributed by atoms with Crippen molar-refractivity contribution >= 4 is 23.2 Å². The standard InChI is InChI=1S/C15H14F2N2O3S/c16-15(17)22-12-4-2-1-3-10(12)7-18-13(20)8-19-14(21)11-5-6-23-9-11/h1-6,9,15H,7-8H2,(H,18,20)(H,19,21). The Morgan fingerprint density at radius 2 is 1.96 bits per heavy atom. The van der Waals surface area contributed by atoms with Crippen LogP contribution < -0.4 is 15.4 Å². The summed E-state index contributed by atoms with van der Waals surface area (Å²) in [5.74, 6) is -0.770. The van der Waals surface area contributed by atoms with Crippen LogP contribution in [0.25, 0.3) is 0 Å². The molecule has 1 aromatic carbocycles. The van der Waals surface area contributed by atoms with E-state index in [4.69, 9.17) is 0 Å². The van der Waals surface area contributed by atoms with Crippen LogP contribution in [-0.2, 0) is 11.3 Å². The van der Waals surface area contributed by atoms with Crippen LogP contribution in [0.4, 0.5) is 8.78 Å². The van der Waals surface area contributed by atoms with E-state index in [9.17, 15) is 18.4 Å². The number of carbonyl (C=O) groups is 2. The van der Waals surface area contributed by atoms with Crippen molar-refractivity contribution in [3.63, 3.8) is 0 Å². The summed E-state index contributed by atoms with van der Waals surface area (Å²) in [5.41, 5.74) is 0.906. The van der Waals surface area contributed by atoms with Gasteiger partial charge in [0.15, 0.2) is 0 Å². The summed E-state index contributed by atoms with van der Waals surface area (Å²) < 4.78 is 28.9. The molecule has 0 saturated heterocycles. The summed E-state index contributed by atoms with van der Waals surface area (Å²) in [4.78, 5) is 23.4. The van der Waals surface area contributed by atoms with E-state index in [0.29, 0.717) is 11.1 Å². The number of amides is 2. The molecule has 0 fully saturated rings. The lowest BCUT2D eigenvalue weighted by atomic mass is 10.2. The highest BCUT2D eigenvalue weighted by molar-refractivity contribution is 7.08. The van der Waals surface area contributed by atoms with E-state index >= 15 is 0 Å². The van der Waals surface area contributed by atoms with E-state index in [2.05, 4.69) is 15.4 Å². The van der Waals surface area contributed by atoms with Gasteiger partial charge in [-0.05, 0) is 17.5 Å². The first-order valence-electron chi connectivity index (χ1n) is 6.66. The molecule has 2 amide bonds. The van der Waals surface area contributed by atoms with Gasteiger partial charge in [-0.2, -0.15) is 20.1 Å². The van der Waals surface area contributed by atoms with Gasteiger partial charge in [-0.3, -0.25) is 9.59 Å². The molecule has 2 rings (SSSR count). The molecule has 1 heterocycles. The molecule has 0 aliphatic heterocycles. The maximum atomic E-state index is 12.3. The molecule has 0 radical (unpaired) electrons. The summed E-state index contributed by atoms with van der Waals surface area (Å²) in [6.07, 6.45) is 0. The van der Waals surface area contributed by atoms with Crippen LogP contribution in [-0.4, -0.2) is 25.0 Å². The number of carbonyl (C=O) groups excluding carboxylic acids is 2. The topological polar surface area (TPSA) is 67.4 Å². The number of benzene rings is 1. The number of rotatable bonds is 7. The Kier molecular flexibility index (Phi) is 6.04. The summed E-state index contributed by atoms with van der Waals surface area (Å²) in [6.45, 7) is -3.11. The summed E-state index contributed by atoms with van der Waals surface area (Å²) >= 11 is 1.38. The largest absolute Gasteiger partial charge is 0.434 e. The highest BCUT2D eigenvalue weighted by atomic mass is 32.1. The highest BCUT2D eigenvalue weighted by Crippen LogP contribution is 2.19. The van der Waals surface area contributed by atoms with Crippen LogP contribution in [0, 0.1) is 0 Å². The van der Waals surface area contributed by atoms with E-state index in [1.54, 1.807) is 35.0 Å². The van der Waals surface area contributed by atoms with Gasteiger partial charge in [0.25, 0.3) is 5.91 Å². The molecule has 1 aromatic heterocycles. The van der Waals surface area contributed by atoms with Crippen molar-refractivity contribution in [1.82, 2.24) is 10.6 Å². The molecule has 5 nitrogen and oxygen atoms in total. The minimum Gasteiger partial charge on any atom is -0.434 e. The van der Waals surface area contributed by atoms with E-state index in [0.717, 1.165) is 0 Å². The second-order valence-electron chi connectivity index (χ2n) is 4.46. The molecule has 0 bridgehead atoms. The lowest BCUT2D eigenvalue weighted by Gasteiger charge is -2.11. The Hall–Kier alpha value is -2.48. The van der Waals surface area contributed by atoms with Gasteiger partial charge in [0.05, 0.1) is 6.54 Å². The zero-order valence-electron chi connectivity index (χ0n) is 11.9. The number of hydrogen-bond donors (Lipinski definition) is 2. The van der Waals surface area contributed by atoms with Crippen molar-refractivity contribution in [3.8, 4) is 5.75 Å². The predicted molar refractivity (Wildman–Crippen MR) is 81.6 cm³/mol. The number of halogens is 2. The number of nitrogens with one attached hydrogen (secondary N) is 2. The number of para-hydroxylation sites is 1. The first-order valence-corrected chi connectivity index (χ1v) is 7.60. The van der Waals surface area contributed by atoms with E-state index < -0.39 is 12.5 Å². The van der Waals surface area contributed by atoms with Crippen molar-refractivity contribution in [2.45, 2.75) is 13.2 Å². The van der Waals surface area contributed by atoms with E-state index in [-0.39, 0.29) is 24.7 Å². The third-order valence-corrected chi connectivity index (χ3v) is 3.54. The zero-order valence-corrected chi connectivity index (χ0v) is 12.7. The molecule has 23 heavy (non-hydrogen) atoms. The maximum absolute atomic E-state index is 12.3. The quantitative estimate of drug-likeness (QED) is 0.813. The van der Waals surface area contributed by atoms with Crippen LogP contribution >= 0.6 is 11.3 Å². The van der Waals surface area contributed by atoms with Gasteiger partial charge in [-0.25, -0.2) is 0 Å². The van der Waals surface area contributed by atoms with Crippen molar-refractivity contribution < 1.29 is 23.1 Å². The van der Waals surface area contributed by atoms with Crippen molar-refractivity contribution in [2.75, 3.05) is 6.54 Å². The summed E-state index contributed by atoms with van der Waals surface area (Å²) in [7, 11) is 0. The maximum Gasteiger partial charge on any atom is 0.387 e. The van der Waals surface area contributed by atoms with E-state index in [1.165, 1.54) is 17.4 Å². The number of ether oxygens (including phenoxy) is 1. The molecule has 0 aliphatic carbocycles. The Labute approximate surface area is 135 Å². The molecule has 0 unspecified atom stereocenters. The van der Waals surface area contributed by atoms with Crippen LogP contribution in [0.1, 0.15) is 15.9 Å². The lowest BCUT2D eigenvalue weighted by molar-refractivity contribution is -0.120. The fourth-order valence-corrected chi connectivity index (χ4v) is 2.41. The molecular weight excluding hydrogens is 326 g/mol. The lowest BCUT2D eigenvalue weighted by Crippen LogP contribution is -2.36. The Morgan fingerprint density at radius 3 is 2.65 bits per heavy atom. The normalized spacial score (nSPS) is 10.4. The Morgan fingerprint density at radius 1 is 1.17 bits per heavy atom.